The van der Waals surface area contributed by atoms with Gasteiger partial charge in [-0.3, -0.25) is 0 Å². The molecule has 0 spiro atoms. The van der Waals surface area contributed by atoms with Crippen LogP contribution >= 0.6 is 0 Å². The molecule has 0 bridgehead atoms. The van der Waals surface area contributed by atoms with Gasteiger partial charge in [-0.2, -0.15) is 0 Å². The van der Waals surface area contributed by atoms with Gasteiger partial charge in [0.15, 0.2) is 11.2 Å². The van der Waals surface area contributed by atoms with E-state index in [4.69, 9.17) is 31.9 Å². The first-order valence-corrected chi connectivity index (χ1v) is 13.6. The molecule has 0 aliphatic carbocycles. The molecular weight excluding hydrogens is 560 g/mol. The van der Waals surface area contributed by atoms with Crippen molar-refractivity contribution in [2.45, 2.75) is 51.1 Å². The van der Waals surface area contributed by atoms with Gasteiger partial charge < -0.3 is 42.1 Å². The van der Waals surface area contributed by atoms with E-state index in [1.807, 2.05) is 6.07 Å². The molecule has 0 amide bonds. The Morgan fingerprint density at radius 1 is 0.744 bits per heavy atom. The monoisotopic (exact) mass is 590 g/mol. The van der Waals surface area contributed by atoms with Crippen molar-refractivity contribution in [2.24, 2.45) is 0 Å². The van der Waals surface area contributed by atoms with Gasteiger partial charge in [-0.05, 0) is 58.0 Å². The Hall–Kier alpha value is -4.58. The summed E-state index contributed by atoms with van der Waals surface area (Å²) in [5.41, 5.74) is -2.41. The minimum Gasteiger partial charge on any atom is -0.489 e. The molecule has 0 saturated carbocycles. The fourth-order valence-corrected chi connectivity index (χ4v) is 4.85. The fourth-order valence-electron chi connectivity index (χ4n) is 4.85. The number of ether oxygens (including phenoxy) is 3. The van der Waals surface area contributed by atoms with Crippen LogP contribution in [0.15, 0.2) is 88.3 Å². The van der Waals surface area contributed by atoms with Crippen molar-refractivity contribution < 1.29 is 42.1 Å². The van der Waals surface area contributed by atoms with Gasteiger partial charge in [-0.25, -0.2) is 9.59 Å². The Morgan fingerprint density at radius 3 is 2.21 bits per heavy atom. The van der Waals surface area contributed by atoms with Crippen LogP contribution in [0.4, 0.5) is 0 Å². The number of furan rings is 2. The smallest absolute Gasteiger partial charge is 0.336 e. The van der Waals surface area contributed by atoms with Gasteiger partial charge in [0.1, 0.15) is 42.3 Å². The van der Waals surface area contributed by atoms with Gasteiger partial charge in [-0.1, -0.05) is 0 Å². The average molecular weight is 591 g/mol. The maximum Gasteiger partial charge on any atom is 0.336 e. The maximum absolute atomic E-state index is 12.0. The minimum absolute atomic E-state index is 0.175. The van der Waals surface area contributed by atoms with Gasteiger partial charge in [-0.15, -0.1) is 0 Å². The normalized spacial score (nSPS) is 14.1. The molecule has 2 aromatic carbocycles. The summed E-state index contributed by atoms with van der Waals surface area (Å²) < 4.78 is 40.3. The Bertz CT molecular complexity index is 2050. The topological polar surface area (TPSA) is 155 Å². The molecule has 11 nitrogen and oxygen atoms in total. The third-order valence-electron chi connectivity index (χ3n) is 7.39. The zero-order valence-electron chi connectivity index (χ0n) is 23.9. The molecule has 0 fully saturated rings. The summed E-state index contributed by atoms with van der Waals surface area (Å²) in [5, 5.41) is 24.8. The minimum atomic E-state index is -1.42. The van der Waals surface area contributed by atoms with Crippen molar-refractivity contribution in [3.8, 4) is 11.5 Å². The van der Waals surface area contributed by atoms with E-state index in [1.54, 1.807) is 58.0 Å². The van der Waals surface area contributed by atoms with Crippen LogP contribution < -0.4 is 20.7 Å². The first kappa shape index (κ1) is 28.5. The first-order valence-electron chi connectivity index (χ1n) is 13.6. The predicted octanol–water partition coefficient (Wildman–Crippen LogP) is 5.15. The lowest BCUT2D eigenvalue weighted by Gasteiger charge is -2.39. The van der Waals surface area contributed by atoms with Crippen LogP contribution in [0.1, 0.15) is 27.7 Å². The molecule has 0 unspecified atom stereocenters. The highest BCUT2D eigenvalue weighted by Crippen LogP contribution is 2.37. The van der Waals surface area contributed by atoms with E-state index < -0.39 is 34.7 Å². The van der Waals surface area contributed by atoms with Crippen LogP contribution in [0.25, 0.3) is 43.9 Å². The predicted molar refractivity (Wildman–Crippen MR) is 157 cm³/mol. The summed E-state index contributed by atoms with van der Waals surface area (Å²) in [6.07, 6.45) is 0.848. The zero-order valence-corrected chi connectivity index (χ0v) is 23.9. The van der Waals surface area contributed by atoms with Crippen molar-refractivity contribution in [2.75, 3.05) is 13.2 Å². The molecule has 0 saturated heterocycles. The summed E-state index contributed by atoms with van der Waals surface area (Å²) in [6.45, 7) is 6.07. The van der Waals surface area contributed by atoms with E-state index in [9.17, 15) is 19.8 Å². The molecule has 0 radical (unpaired) electrons. The highest BCUT2D eigenvalue weighted by molar-refractivity contribution is 6.01. The number of hydrogen-bond donors (Lipinski definition) is 2. The van der Waals surface area contributed by atoms with Crippen LogP contribution in [0.5, 0.6) is 11.5 Å². The first-order chi connectivity index (χ1) is 20.4. The second-order valence-corrected chi connectivity index (χ2v) is 11.4. The third kappa shape index (κ3) is 5.50. The maximum atomic E-state index is 12.0. The van der Waals surface area contributed by atoms with Crippen molar-refractivity contribution in [3.05, 3.63) is 81.9 Å². The van der Waals surface area contributed by atoms with Crippen molar-refractivity contribution in [1.82, 2.24) is 0 Å². The molecule has 224 valence electrons. The lowest BCUT2D eigenvalue weighted by atomic mass is 9.97. The molecule has 0 aliphatic rings. The Balaban J connectivity index is 1.23. The molecule has 43 heavy (non-hydrogen) atoms. The summed E-state index contributed by atoms with van der Waals surface area (Å²) in [4.78, 5) is 23.8. The fraction of sp³-hybridized carbons (Fsp3) is 0.312. The van der Waals surface area contributed by atoms with Crippen LogP contribution in [0.3, 0.4) is 0 Å². The van der Waals surface area contributed by atoms with Crippen LogP contribution in [-0.2, 0) is 4.74 Å². The van der Waals surface area contributed by atoms with Crippen LogP contribution in [-0.4, -0.2) is 46.8 Å². The lowest BCUT2D eigenvalue weighted by Crippen LogP contribution is -2.52. The Morgan fingerprint density at radius 2 is 1.42 bits per heavy atom. The van der Waals surface area contributed by atoms with Crippen molar-refractivity contribution in [3.63, 3.8) is 0 Å². The molecule has 0 aliphatic heterocycles. The van der Waals surface area contributed by atoms with Gasteiger partial charge >= 0.3 is 11.3 Å². The van der Waals surface area contributed by atoms with Crippen LogP contribution in [0.2, 0.25) is 0 Å². The van der Waals surface area contributed by atoms with E-state index in [0.717, 1.165) is 5.39 Å². The Labute approximate surface area is 243 Å². The van der Waals surface area contributed by atoms with E-state index in [0.29, 0.717) is 33.1 Å². The number of aliphatic hydroxyl groups is 2. The van der Waals surface area contributed by atoms with E-state index in [-0.39, 0.29) is 30.1 Å². The number of rotatable bonds is 10. The molecule has 4 aromatic heterocycles. The molecular formula is C32H30O11. The second kappa shape index (κ2) is 10.6. The summed E-state index contributed by atoms with van der Waals surface area (Å²) in [7, 11) is 0. The van der Waals surface area contributed by atoms with Crippen molar-refractivity contribution >= 4 is 43.9 Å². The van der Waals surface area contributed by atoms with Gasteiger partial charge in [0, 0.05) is 29.0 Å². The largest absolute Gasteiger partial charge is 0.489 e. The van der Waals surface area contributed by atoms with E-state index >= 15 is 0 Å². The molecule has 6 rings (SSSR count). The summed E-state index contributed by atoms with van der Waals surface area (Å²) in [6, 6.07) is 12.7. The lowest BCUT2D eigenvalue weighted by molar-refractivity contribution is -0.197. The Kier molecular flexibility index (Phi) is 7.04. The van der Waals surface area contributed by atoms with Gasteiger partial charge in [0.05, 0.1) is 34.5 Å². The highest BCUT2D eigenvalue weighted by atomic mass is 16.6. The quantitative estimate of drug-likeness (QED) is 0.204. The molecule has 2 N–H and O–H groups in total. The number of fused-ring (bicyclic) bond motifs is 4. The number of aliphatic hydroxyl groups excluding tert-OH is 1. The zero-order chi connectivity index (χ0) is 30.5. The van der Waals surface area contributed by atoms with E-state index in [2.05, 4.69) is 0 Å². The number of hydrogen-bond acceptors (Lipinski definition) is 11. The standard InChI is InChI=1S/C32H30O11/c1-31(2,36)24(16-40-30-27-18(9-11-38-27)13-17-5-7-26(35)42-28(17)30)43-32(3,4)23(33)15-39-29-19-6-8-25(34)41-22(19)14-21-20(29)10-12-37-21/h5-14,23-24,33,36H,15-16H2,1-4H3/t23-,24-/m1/s1. The second-order valence-electron chi connectivity index (χ2n) is 11.4. The SMILES string of the molecule is CC(C)(O)[C@@H](COc1c2occc2cc2ccc(=O)oc12)OC(C)(C)[C@H](O)COc1c2ccoc2cc2oc(=O)ccc12. The molecule has 4 heterocycles. The number of benzene rings is 2. The third-order valence-corrected chi connectivity index (χ3v) is 7.39. The van der Waals surface area contributed by atoms with Gasteiger partial charge in [0.2, 0.25) is 5.75 Å². The average Bonchev–Trinajstić information content (AvgIpc) is 3.61. The molecule has 11 heteroatoms. The summed E-state index contributed by atoms with van der Waals surface area (Å²) in [5.74, 6) is 0.573. The van der Waals surface area contributed by atoms with Gasteiger partial charge in [0.25, 0.3) is 0 Å². The van der Waals surface area contributed by atoms with E-state index in [1.165, 1.54) is 24.7 Å². The summed E-state index contributed by atoms with van der Waals surface area (Å²) >= 11 is 0. The molecule has 6 aromatic rings. The van der Waals surface area contributed by atoms with Crippen molar-refractivity contribution in [1.29, 1.82) is 0 Å². The highest BCUT2D eigenvalue weighted by Gasteiger charge is 2.39. The molecule has 2 atom stereocenters. The van der Waals surface area contributed by atoms with Crippen LogP contribution in [0, 0.1) is 0 Å².